The fraction of sp³-hybridized carbons (Fsp3) is 0.542. The van der Waals surface area contributed by atoms with Crippen molar-refractivity contribution >= 4 is 5.96 Å². The summed E-state index contributed by atoms with van der Waals surface area (Å²) in [7, 11) is 1.80. The van der Waals surface area contributed by atoms with Crippen molar-refractivity contribution in [2.24, 2.45) is 4.99 Å². The summed E-state index contributed by atoms with van der Waals surface area (Å²) in [6, 6.07) is 14.5. The zero-order chi connectivity index (χ0) is 21.9. The van der Waals surface area contributed by atoms with Crippen molar-refractivity contribution in [3.05, 3.63) is 59.5 Å². The Morgan fingerprint density at radius 2 is 1.90 bits per heavy atom. The molecule has 0 aliphatic carbocycles. The zero-order valence-electron chi connectivity index (χ0n) is 19.0. The number of aryl methyl sites for hydroxylation is 1. The number of ether oxygens (including phenoxy) is 2. The molecule has 1 aliphatic rings. The minimum absolute atomic E-state index is 0.102. The highest BCUT2D eigenvalue weighted by Gasteiger charge is 2.25. The SMILES string of the molecule is CN=C(NCCCOC(C)c1ccccc1)NCC(c1ccc(C)o1)N1CCOCC1. The van der Waals surface area contributed by atoms with Crippen LogP contribution in [0.25, 0.3) is 0 Å². The average Bonchev–Trinajstić information content (AvgIpc) is 3.24. The number of nitrogens with zero attached hydrogens (tertiary/aromatic N) is 2. The molecule has 1 aromatic heterocycles. The molecule has 1 saturated heterocycles. The molecule has 2 unspecified atom stereocenters. The summed E-state index contributed by atoms with van der Waals surface area (Å²) in [5.41, 5.74) is 1.20. The number of benzene rings is 1. The summed E-state index contributed by atoms with van der Waals surface area (Å²) in [6.07, 6.45) is 1.01. The van der Waals surface area contributed by atoms with Crippen LogP contribution in [0.1, 0.15) is 42.6 Å². The van der Waals surface area contributed by atoms with E-state index >= 15 is 0 Å². The van der Waals surface area contributed by atoms with Crippen LogP contribution in [-0.2, 0) is 9.47 Å². The number of hydrogen-bond donors (Lipinski definition) is 2. The lowest BCUT2D eigenvalue weighted by atomic mass is 10.1. The van der Waals surface area contributed by atoms with Crippen molar-refractivity contribution in [1.82, 2.24) is 15.5 Å². The number of rotatable bonds is 10. The predicted octanol–water partition coefficient (Wildman–Crippen LogP) is 3.29. The first-order valence-corrected chi connectivity index (χ1v) is 11.2. The number of furan rings is 1. The fourth-order valence-electron chi connectivity index (χ4n) is 3.70. The Morgan fingerprint density at radius 3 is 2.58 bits per heavy atom. The standard InChI is InChI=1S/C24H36N4O3/c1-19-10-11-23(31-19)22(28-13-16-29-17-14-28)18-27-24(25-3)26-12-7-15-30-20(2)21-8-5-4-6-9-21/h4-6,8-11,20,22H,7,12-18H2,1-3H3,(H2,25,26,27). The molecule has 0 bridgehead atoms. The molecular weight excluding hydrogens is 392 g/mol. The van der Waals surface area contributed by atoms with E-state index in [2.05, 4.69) is 45.6 Å². The second kappa shape index (κ2) is 12.5. The van der Waals surface area contributed by atoms with Crippen LogP contribution in [0.15, 0.2) is 51.9 Å². The van der Waals surface area contributed by atoms with Gasteiger partial charge in [0.05, 0.1) is 25.4 Å². The molecule has 7 heteroatoms. The van der Waals surface area contributed by atoms with Crippen LogP contribution in [0.5, 0.6) is 0 Å². The van der Waals surface area contributed by atoms with E-state index in [9.17, 15) is 0 Å². The van der Waals surface area contributed by atoms with E-state index in [4.69, 9.17) is 13.9 Å². The molecule has 2 aromatic rings. The lowest BCUT2D eigenvalue weighted by molar-refractivity contribution is 0.0124. The highest BCUT2D eigenvalue weighted by atomic mass is 16.5. The van der Waals surface area contributed by atoms with Gasteiger partial charge in [0.15, 0.2) is 5.96 Å². The first-order chi connectivity index (χ1) is 15.2. The van der Waals surface area contributed by atoms with Gasteiger partial charge < -0.3 is 24.5 Å². The Kier molecular flexibility index (Phi) is 9.39. The molecular formula is C24H36N4O3. The van der Waals surface area contributed by atoms with Gasteiger partial charge in [-0.25, -0.2) is 0 Å². The van der Waals surface area contributed by atoms with Gasteiger partial charge in [0.2, 0.25) is 0 Å². The molecule has 3 rings (SSSR count). The second-order valence-corrected chi connectivity index (χ2v) is 7.77. The van der Waals surface area contributed by atoms with E-state index in [0.29, 0.717) is 13.2 Å². The van der Waals surface area contributed by atoms with Gasteiger partial charge in [-0.1, -0.05) is 30.3 Å². The van der Waals surface area contributed by atoms with Crippen LogP contribution in [0, 0.1) is 6.92 Å². The maximum Gasteiger partial charge on any atom is 0.191 e. The number of morpholine rings is 1. The van der Waals surface area contributed by atoms with Gasteiger partial charge in [-0.05, 0) is 38.0 Å². The molecule has 170 valence electrons. The van der Waals surface area contributed by atoms with Crippen LogP contribution < -0.4 is 10.6 Å². The third-order valence-electron chi connectivity index (χ3n) is 5.51. The van der Waals surface area contributed by atoms with E-state index in [1.807, 2.05) is 31.2 Å². The fourth-order valence-corrected chi connectivity index (χ4v) is 3.70. The molecule has 0 radical (unpaired) electrons. The van der Waals surface area contributed by atoms with Gasteiger partial charge in [0.25, 0.3) is 0 Å². The molecule has 1 aliphatic heterocycles. The molecule has 0 amide bonds. The summed E-state index contributed by atoms with van der Waals surface area (Å²) in [5, 5.41) is 6.84. The van der Waals surface area contributed by atoms with Crippen molar-refractivity contribution in [2.75, 3.05) is 53.0 Å². The highest BCUT2D eigenvalue weighted by Crippen LogP contribution is 2.23. The third kappa shape index (κ3) is 7.38. The van der Waals surface area contributed by atoms with Gasteiger partial charge in [0.1, 0.15) is 11.5 Å². The zero-order valence-corrected chi connectivity index (χ0v) is 19.0. The van der Waals surface area contributed by atoms with Crippen LogP contribution >= 0.6 is 0 Å². The molecule has 1 fully saturated rings. The molecule has 2 atom stereocenters. The van der Waals surface area contributed by atoms with Crippen molar-refractivity contribution < 1.29 is 13.9 Å². The van der Waals surface area contributed by atoms with E-state index in [0.717, 1.165) is 56.7 Å². The molecule has 7 nitrogen and oxygen atoms in total. The number of guanidine groups is 1. The molecule has 2 N–H and O–H groups in total. The van der Waals surface area contributed by atoms with Gasteiger partial charge in [0, 0.05) is 39.8 Å². The Balaban J connectivity index is 1.41. The average molecular weight is 429 g/mol. The number of aliphatic imine (C=N–C) groups is 1. The summed E-state index contributed by atoms with van der Waals surface area (Å²) in [4.78, 5) is 6.77. The number of nitrogens with one attached hydrogen (secondary N) is 2. The highest BCUT2D eigenvalue weighted by molar-refractivity contribution is 5.79. The summed E-state index contributed by atoms with van der Waals surface area (Å²) in [5.74, 6) is 2.70. The topological polar surface area (TPSA) is 71.3 Å². The minimum atomic E-state index is 0.102. The predicted molar refractivity (Wildman–Crippen MR) is 123 cm³/mol. The van der Waals surface area contributed by atoms with E-state index in [-0.39, 0.29) is 12.1 Å². The third-order valence-corrected chi connectivity index (χ3v) is 5.51. The Hall–Kier alpha value is -2.35. The van der Waals surface area contributed by atoms with Crippen molar-refractivity contribution in [3.63, 3.8) is 0 Å². The smallest absolute Gasteiger partial charge is 0.191 e. The first-order valence-electron chi connectivity index (χ1n) is 11.2. The van der Waals surface area contributed by atoms with Crippen LogP contribution in [0.3, 0.4) is 0 Å². The maximum atomic E-state index is 5.95. The van der Waals surface area contributed by atoms with E-state index in [1.165, 1.54) is 5.56 Å². The lowest BCUT2D eigenvalue weighted by Crippen LogP contribution is -2.46. The van der Waals surface area contributed by atoms with Crippen molar-refractivity contribution in [2.45, 2.75) is 32.4 Å². The van der Waals surface area contributed by atoms with Gasteiger partial charge in [-0.3, -0.25) is 9.89 Å². The summed E-state index contributed by atoms with van der Waals surface area (Å²) >= 11 is 0. The monoisotopic (exact) mass is 428 g/mol. The summed E-state index contributed by atoms with van der Waals surface area (Å²) < 4.78 is 17.4. The van der Waals surface area contributed by atoms with Crippen LogP contribution in [0.4, 0.5) is 0 Å². The van der Waals surface area contributed by atoms with E-state index < -0.39 is 0 Å². The number of hydrogen-bond acceptors (Lipinski definition) is 5. The van der Waals surface area contributed by atoms with Gasteiger partial charge >= 0.3 is 0 Å². The van der Waals surface area contributed by atoms with Gasteiger partial charge in [-0.15, -0.1) is 0 Å². The molecule has 1 aromatic carbocycles. The Bertz CT molecular complexity index is 787. The second-order valence-electron chi connectivity index (χ2n) is 7.77. The Labute approximate surface area is 185 Å². The van der Waals surface area contributed by atoms with Crippen molar-refractivity contribution in [1.29, 1.82) is 0 Å². The largest absolute Gasteiger partial charge is 0.465 e. The molecule has 31 heavy (non-hydrogen) atoms. The van der Waals surface area contributed by atoms with E-state index in [1.54, 1.807) is 7.05 Å². The minimum Gasteiger partial charge on any atom is -0.465 e. The normalized spacial score (nSPS) is 17.3. The van der Waals surface area contributed by atoms with Crippen molar-refractivity contribution in [3.8, 4) is 0 Å². The summed E-state index contributed by atoms with van der Waals surface area (Å²) in [6.45, 7) is 9.58. The molecule has 0 saturated carbocycles. The van der Waals surface area contributed by atoms with Gasteiger partial charge in [-0.2, -0.15) is 0 Å². The lowest BCUT2D eigenvalue weighted by Gasteiger charge is -2.33. The Morgan fingerprint density at radius 1 is 1.13 bits per heavy atom. The maximum absolute atomic E-state index is 5.95. The first kappa shape index (κ1) is 23.3. The van der Waals surface area contributed by atoms with Crippen LogP contribution in [0.2, 0.25) is 0 Å². The quantitative estimate of drug-likeness (QED) is 0.344. The molecule has 0 spiro atoms. The van der Waals surface area contributed by atoms with Crippen LogP contribution in [-0.4, -0.2) is 63.9 Å². The molecule has 2 heterocycles.